The third kappa shape index (κ3) is 12.5. The lowest BCUT2D eigenvalue weighted by Crippen LogP contribution is -2.70. The number of methoxy groups -OCH3 is 1. The fourth-order valence-electron chi connectivity index (χ4n) is 5.04. The number of hydrogen-bond donors (Lipinski definition) is 2. The lowest BCUT2D eigenvalue weighted by atomic mass is 10.1. The predicted octanol–water partition coefficient (Wildman–Crippen LogP) is 6.10. The van der Waals surface area contributed by atoms with Crippen molar-refractivity contribution in [2.75, 3.05) is 30.9 Å². The highest BCUT2D eigenvalue weighted by Crippen LogP contribution is 2.46. The highest BCUT2D eigenvalue weighted by molar-refractivity contribution is 8.06. The number of esters is 1. The topological polar surface area (TPSA) is 179 Å². The van der Waals surface area contributed by atoms with Crippen LogP contribution >= 0.6 is 46.9 Å². The maximum absolute atomic E-state index is 13.7. The fourth-order valence-corrected chi connectivity index (χ4v) is 8.67. The first-order valence-corrected chi connectivity index (χ1v) is 20.7. The van der Waals surface area contributed by atoms with Crippen LogP contribution in [-0.2, 0) is 41.1 Å². The minimum atomic E-state index is -0.973. The van der Waals surface area contributed by atoms with Crippen molar-refractivity contribution in [3.8, 4) is 5.75 Å². The molecule has 0 unspecified atom stereocenters. The highest BCUT2D eigenvalue weighted by atomic mass is 35.5. The Morgan fingerprint density at radius 2 is 1.71 bits per heavy atom. The van der Waals surface area contributed by atoms with Gasteiger partial charge < -0.3 is 30.0 Å². The van der Waals surface area contributed by atoms with Gasteiger partial charge in [-0.25, -0.2) is 19.3 Å². The van der Waals surface area contributed by atoms with Crippen LogP contribution in [0.15, 0.2) is 69.0 Å². The van der Waals surface area contributed by atoms with E-state index in [0.29, 0.717) is 16.4 Å². The van der Waals surface area contributed by atoms with E-state index in [2.05, 4.69) is 10.3 Å². The Morgan fingerprint density at radius 1 is 1.04 bits per heavy atom. The number of β-lactam (4-membered cyclic amide) rings is 1. The first-order chi connectivity index (χ1) is 25.9. The van der Waals surface area contributed by atoms with Gasteiger partial charge in [-0.05, 0) is 70.9 Å². The minimum Gasteiger partial charge on any atom is -0.497 e. The maximum atomic E-state index is 13.7. The van der Waals surface area contributed by atoms with Crippen LogP contribution < -0.4 is 15.8 Å². The molecule has 3 N–H and O–H groups in total. The molecule has 4 rings (SSSR count). The number of halogens is 1. The molecule has 1 fully saturated rings. The van der Waals surface area contributed by atoms with Crippen LogP contribution in [0.3, 0.4) is 0 Å². The summed E-state index contributed by atoms with van der Waals surface area (Å²) < 4.78 is 21.5. The molecule has 0 radical (unpaired) electrons. The Labute approximate surface area is 338 Å². The standard InChI is InChI=1S/C37H46ClN5O9S3/c1-36(2,3)51-34(47)41-33(39)42(35(48)52-37(4,5)6)16-17-53-21-27(44)40-28-30(45)43-29(32(46)50-19-22-12-14-24(49-7)15-13-22)26(20-54-31(28)43)55-25-11-9-8-10-23(25)18-38/h8-15,28,31H,16-21H2,1-7H3,(H,40,44)(H2,39,41,47)/t28-,31+/m1/s1. The van der Waals surface area contributed by atoms with Crippen LogP contribution in [0.2, 0.25) is 0 Å². The van der Waals surface area contributed by atoms with Gasteiger partial charge in [-0.3, -0.25) is 14.5 Å². The number of ether oxygens (including phenoxy) is 4. The molecule has 55 heavy (non-hydrogen) atoms. The monoisotopic (exact) mass is 835 g/mol. The van der Waals surface area contributed by atoms with Crippen molar-refractivity contribution in [3.05, 3.63) is 70.3 Å². The van der Waals surface area contributed by atoms with Crippen molar-refractivity contribution >= 4 is 82.8 Å². The number of hydrogen-bond acceptors (Lipinski definition) is 12. The number of carbonyl (C=O) groups is 5. The summed E-state index contributed by atoms with van der Waals surface area (Å²) in [5.74, 6) is -0.489. The second-order valence-electron chi connectivity index (χ2n) is 14.1. The number of thioether (sulfide) groups is 3. The number of alkyl halides is 1. The normalized spacial score (nSPS) is 17.1. The molecule has 2 aromatic rings. The van der Waals surface area contributed by atoms with Crippen molar-refractivity contribution in [1.29, 1.82) is 0 Å². The number of guanidine groups is 1. The van der Waals surface area contributed by atoms with Gasteiger partial charge in [0.25, 0.3) is 5.91 Å². The van der Waals surface area contributed by atoms with Crippen LogP contribution in [-0.4, -0.2) is 99.3 Å². The van der Waals surface area contributed by atoms with Crippen LogP contribution in [0, 0.1) is 0 Å². The molecule has 0 bridgehead atoms. The van der Waals surface area contributed by atoms with Crippen molar-refractivity contribution in [3.63, 3.8) is 0 Å². The number of fused-ring (bicyclic) bond motifs is 1. The number of benzene rings is 2. The predicted molar refractivity (Wildman–Crippen MR) is 215 cm³/mol. The average molecular weight is 836 g/mol. The Morgan fingerprint density at radius 3 is 2.35 bits per heavy atom. The number of rotatable bonds is 13. The van der Waals surface area contributed by atoms with E-state index in [-0.39, 0.29) is 36.2 Å². The fraction of sp³-hybridized carbons (Fsp3) is 0.459. The van der Waals surface area contributed by atoms with E-state index in [1.54, 1.807) is 72.9 Å². The zero-order valence-corrected chi connectivity index (χ0v) is 34.9. The summed E-state index contributed by atoms with van der Waals surface area (Å²) in [5.41, 5.74) is 6.08. The van der Waals surface area contributed by atoms with Crippen molar-refractivity contribution < 1.29 is 42.9 Å². The van der Waals surface area contributed by atoms with Crippen LogP contribution in [0.1, 0.15) is 52.7 Å². The summed E-state index contributed by atoms with van der Waals surface area (Å²) in [6.45, 7) is 9.98. The number of amides is 4. The molecule has 2 heterocycles. The number of carbonyl (C=O) groups excluding carboxylic acids is 5. The Kier molecular flexibility index (Phi) is 15.2. The smallest absolute Gasteiger partial charge is 0.437 e. The van der Waals surface area contributed by atoms with Gasteiger partial charge >= 0.3 is 18.2 Å². The summed E-state index contributed by atoms with van der Waals surface area (Å²) in [4.78, 5) is 73.2. The summed E-state index contributed by atoms with van der Waals surface area (Å²) in [6.07, 6.45) is -1.80. The zero-order chi connectivity index (χ0) is 40.5. The minimum absolute atomic E-state index is 0.0242. The number of aliphatic imine (C=N–C) groups is 1. The summed E-state index contributed by atoms with van der Waals surface area (Å²) >= 11 is 10.2. The van der Waals surface area contributed by atoms with E-state index in [1.165, 1.54) is 40.2 Å². The molecule has 298 valence electrons. The van der Waals surface area contributed by atoms with Gasteiger partial charge in [-0.2, -0.15) is 11.8 Å². The molecule has 0 saturated carbocycles. The average Bonchev–Trinajstić information content (AvgIpc) is 3.11. The highest BCUT2D eigenvalue weighted by Gasteiger charge is 2.54. The number of nitrogens with one attached hydrogen (secondary N) is 1. The molecule has 2 atom stereocenters. The molecule has 4 amide bonds. The third-order valence-electron chi connectivity index (χ3n) is 7.50. The van der Waals surface area contributed by atoms with E-state index in [9.17, 15) is 24.0 Å². The van der Waals surface area contributed by atoms with Crippen molar-refractivity contribution in [2.24, 2.45) is 10.7 Å². The van der Waals surface area contributed by atoms with E-state index < -0.39 is 58.5 Å². The lowest BCUT2D eigenvalue weighted by molar-refractivity contribution is -0.153. The van der Waals surface area contributed by atoms with E-state index >= 15 is 0 Å². The van der Waals surface area contributed by atoms with E-state index in [4.69, 9.17) is 36.3 Å². The van der Waals surface area contributed by atoms with Gasteiger partial charge in [0, 0.05) is 33.7 Å². The molecule has 1 saturated heterocycles. The second kappa shape index (κ2) is 19.2. The molecule has 0 aliphatic carbocycles. The molecular weight excluding hydrogens is 790 g/mol. The number of nitrogens with zero attached hydrogens (tertiary/aromatic N) is 3. The van der Waals surface area contributed by atoms with E-state index in [1.807, 2.05) is 24.3 Å². The van der Waals surface area contributed by atoms with Crippen molar-refractivity contribution in [1.82, 2.24) is 15.1 Å². The molecule has 2 aromatic carbocycles. The third-order valence-corrected chi connectivity index (χ3v) is 11.4. The SMILES string of the molecule is COc1ccc(COC(=O)C2=C(Sc3ccccc3CCl)CS[C@H]3[C@H](NC(=O)CSCCN(C(=O)OC(C)(C)C)C(N)=NC(=O)OC(C)(C)C)C(=O)N23)cc1. The Bertz CT molecular complexity index is 1810. The van der Waals surface area contributed by atoms with E-state index in [0.717, 1.165) is 20.9 Å². The van der Waals surface area contributed by atoms with Gasteiger partial charge in [-0.15, -0.1) is 28.4 Å². The van der Waals surface area contributed by atoms with Crippen LogP contribution in [0.4, 0.5) is 9.59 Å². The van der Waals surface area contributed by atoms with Gasteiger partial charge in [0.1, 0.15) is 40.7 Å². The zero-order valence-electron chi connectivity index (χ0n) is 31.7. The quantitative estimate of drug-likeness (QED) is 0.0450. The van der Waals surface area contributed by atoms with Gasteiger partial charge in [0.05, 0.1) is 12.9 Å². The molecule has 0 aromatic heterocycles. The molecule has 2 aliphatic heterocycles. The summed E-state index contributed by atoms with van der Waals surface area (Å²) in [7, 11) is 1.56. The van der Waals surface area contributed by atoms with Gasteiger partial charge in [0.15, 0.2) is 0 Å². The summed E-state index contributed by atoms with van der Waals surface area (Å²) in [5, 5.41) is 2.25. The summed E-state index contributed by atoms with van der Waals surface area (Å²) in [6, 6.07) is 13.8. The first-order valence-electron chi connectivity index (χ1n) is 17.1. The van der Waals surface area contributed by atoms with Gasteiger partial charge in [0.2, 0.25) is 11.9 Å². The Balaban J connectivity index is 1.41. The molecule has 2 aliphatic rings. The van der Waals surface area contributed by atoms with Crippen molar-refractivity contribution in [2.45, 2.75) is 81.5 Å². The molecule has 18 heteroatoms. The Hall–Kier alpha value is -4.06. The first kappa shape index (κ1) is 43.7. The number of nitrogens with two attached hydrogens (primary N) is 1. The van der Waals surface area contributed by atoms with Crippen LogP contribution in [0.25, 0.3) is 0 Å². The molecule has 0 spiro atoms. The lowest BCUT2D eigenvalue weighted by Gasteiger charge is -2.49. The second-order valence-corrected chi connectivity index (χ2v) is 17.7. The van der Waals surface area contributed by atoms with Gasteiger partial charge in [-0.1, -0.05) is 42.1 Å². The maximum Gasteiger partial charge on any atom is 0.437 e. The molecule has 14 nitrogen and oxygen atoms in total. The largest absolute Gasteiger partial charge is 0.497 e. The van der Waals surface area contributed by atoms with Crippen LogP contribution in [0.5, 0.6) is 5.75 Å². The molecular formula is C37H46ClN5O9S3.